The summed E-state index contributed by atoms with van der Waals surface area (Å²) >= 11 is 0. The summed E-state index contributed by atoms with van der Waals surface area (Å²) in [6.07, 6.45) is 0.208. The Hall–Kier alpha value is -2.04. The third-order valence-electron chi connectivity index (χ3n) is 3.07. The molecule has 2 N–H and O–H groups in total. The van der Waals surface area contributed by atoms with Gasteiger partial charge in [-0.25, -0.2) is 4.90 Å². The van der Waals surface area contributed by atoms with Gasteiger partial charge in [0.15, 0.2) is 0 Å². The van der Waals surface area contributed by atoms with Crippen LogP contribution in [0.15, 0.2) is 18.2 Å². The minimum Gasteiger partial charge on any atom is -0.494 e. The molecule has 96 valence electrons. The summed E-state index contributed by atoms with van der Waals surface area (Å²) in [5.41, 5.74) is 5.97. The molecule has 5 heteroatoms. The molecule has 1 heterocycles. The molecule has 5 nitrogen and oxygen atoms in total. The predicted octanol–water partition coefficient (Wildman–Crippen LogP) is 1.57. The van der Waals surface area contributed by atoms with Gasteiger partial charge in [0, 0.05) is 18.2 Å². The minimum atomic E-state index is -0.663. The van der Waals surface area contributed by atoms with E-state index in [-0.39, 0.29) is 18.2 Å². The maximum absolute atomic E-state index is 12.2. The number of methoxy groups -OCH3 is 1. The van der Waals surface area contributed by atoms with Gasteiger partial charge in [-0.3, -0.25) is 9.59 Å². The first-order valence-electron chi connectivity index (χ1n) is 5.68. The fourth-order valence-electron chi connectivity index (χ4n) is 2.07. The van der Waals surface area contributed by atoms with Crippen molar-refractivity contribution in [1.82, 2.24) is 0 Å². The van der Waals surface area contributed by atoms with Crippen LogP contribution >= 0.6 is 0 Å². The van der Waals surface area contributed by atoms with Crippen molar-refractivity contribution in [3.63, 3.8) is 0 Å². The van der Waals surface area contributed by atoms with E-state index in [4.69, 9.17) is 10.5 Å². The van der Waals surface area contributed by atoms with Crippen LogP contribution in [0.4, 0.5) is 11.4 Å². The third-order valence-corrected chi connectivity index (χ3v) is 3.07. The first kappa shape index (κ1) is 12.4. The van der Waals surface area contributed by atoms with Gasteiger partial charge in [-0.2, -0.15) is 0 Å². The Morgan fingerprint density at radius 2 is 2.00 bits per heavy atom. The number of imide groups is 1. The molecule has 2 amide bonds. The van der Waals surface area contributed by atoms with Gasteiger partial charge in [-0.15, -0.1) is 0 Å². The topological polar surface area (TPSA) is 72.6 Å². The Bertz CT molecular complexity index is 523. The molecule has 0 aliphatic carbocycles. The second-order valence-corrected chi connectivity index (χ2v) is 5.03. The van der Waals surface area contributed by atoms with Gasteiger partial charge < -0.3 is 10.5 Å². The van der Waals surface area contributed by atoms with Crippen LogP contribution in [0.2, 0.25) is 0 Å². The van der Waals surface area contributed by atoms with Crippen LogP contribution in [0, 0.1) is 5.41 Å². The zero-order valence-corrected chi connectivity index (χ0v) is 10.7. The van der Waals surface area contributed by atoms with Crippen molar-refractivity contribution in [3.8, 4) is 5.75 Å². The van der Waals surface area contributed by atoms with Crippen molar-refractivity contribution >= 4 is 23.2 Å². The van der Waals surface area contributed by atoms with Crippen LogP contribution in [0.1, 0.15) is 20.3 Å². The summed E-state index contributed by atoms with van der Waals surface area (Å²) < 4.78 is 5.18. The average Bonchev–Trinajstić information content (AvgIpc) is 2.49. The molecule has 0 atom stereocenters. The highest BCUT2D eigenvalue weighted by Gasteiger charge is 2.46. The van der Waals surface area contributed by atoms with Crippen LogP contribution in [0.25, 0.3) is 0 Å². The molecule has 0 bridgehead atoms. The molecular formula is C13H16N2O3. The number of amides is 2. The van der Waals surface area contributed by atoms with E-state index in [0.29, 0.717) is 17.1 Å². The Morgan fingerprint density at radius 1 is 1.33 bits per heavy atom. The molecule has 0 radical (unpaired) electrons. The van der Waals surface area contributed by atoms with Crippen molar-refractivity contribution in [2.45, 2.75) is 20.3 Å². The second kappa shape index (κ2) is 4.01. The lowest BCUT2D eigenvalue weighted by molar-refractivity contribution is -0.124. The first-order chi connectivity index (χ1) is 8.36. The maximum Gasteiger partial charge on any atom is 0.240 e. The highest BCUT2D eigenvalue weighted by molar-refractivity contribution is 6.23. The molecule has 1 aromatic rings. The van der Waals surface area contributed by atoms with E-state index in [1.54, 1.807) is 32.0 Å². The van der Waals surface area contributed by atoms with E-state index in [2.05, 4.69) is 0 Å². The fourth-order valence-corrected chi connectivity index (χ4v) is 2.07. The zero-order chi connectivity index (χ0) is 13.5. The molecule has 1 aromatic carbocycles. The maximum atomic E-state index is 12.2. The van der Waals surface area contributed by atoms with Crippen molar-refractivity contribution in [2.75, 3.05) is 17.7 Å². The monoisotopic (exact) mass is 248 g/mol. The highest BCUT2D eigenvalue weighted by Crippen LogP contribution is 2.39. The SMILES string of the molecule is COc1cc(N)ccc1N1C(=O)CC(C)(C)C1=O. The van der Waals surface area contributed by atoms with Crippen molar-refractivity contribution < 1.29 is 14.3 Å². The lowest BCUT2D eigenvalue weighted by atomic mass is 9.92. The quantitative estimate of drug-likeness (QED) is 0.637. The van der Waals surface area contributed by atoms with Crippen LogP contribution in [0.5, 0.6) is 5.75 Å². The van der Waals surface area contributed by atoms with Crippen molar-refractivity contribution in [1.29, 1.82) is 0 Å². The summed E-state index contributed by atoms with van der Waals surface area (Å²) in [4.78, 5) is 25.4. The van der Waals surface area contributed by atoms with Crippen LogP contribution in [0.3, 0.4) is 0 Å². The van der Waals surface area contributed by atoms with Gasteiger partial charge in [0.1, 0.15) is 5.75 Å². The number of nitrogen functional groups attached to an aromatic ring is 1. The van der Waals surface area contributed by atoms with E-state index in [9.17, 15) is 9.59 Å². The lowest BCUT2D eigenvalue weighted by Gasteiger charge is -2.20. The van der Waals surface area contributed by atoms with Gasteiger partial charge in [-0.05, 0) is 12.1 Å². The van der Waals surface area contributed by atoms with Crippen LogP contribution < -0.4 is 15.4 Å². The van der Waals surface area contributed by atoms with Gasteiger partial charge >= 0.3 is 0 Å². The summed E-state index contributed by atoms with van der Waals surface area (Å²) in [7, 11) is 1.48. The minimum absolute atomic E-state index is 0.208. The fraction of sp³-hybridized carbons (Fsp3) is 0.385. The van der Waals surface area contributed by atoms with E-state index in [0.717, 1.165) is 0 Å². The molecule has 1 saturated heterocycles. The summed E-state index contributed by atoms with van der Waals surface area (Å²) in [6, 6.07) is 4.87. The van der Waals surface area contributed by atoms with Gasteiger partial charge in [-0.1, -0.05) is 13.8 Å². The van der Waals surface area contributed by atoms with Crippen molar-refractivity contribution in [3.05, 3.63) is 18.2 Å². The van der Waals surface area contributed by atoms with E-state index >= 15 is 0 Å². The predicted molar refractivity (Wildman–Crippen MR) is 68.3 cm³/mol. The highest BCUT2D eigenvalue weighted by atomic mass is 16.5. The molecule has 1 aliphatic rings. The number of carbonyl (C=O) groups excluding carboxylic acids is 2. The smallest absolute Gasteiger partial charge is 0.240 e. The Kier molecular flexibility index (Phi) is 2.77. The number of anilines is 2. The Labute approximate surface area is 106 Å². The molecule has 18 heavy (non-hydrogen) atoms. The van der Waals surface area contributed by atoms with E-state index in [1.807, 2.05) is 0 Å². The van der Waals surface area contributed by atoms with E-state index < -0.39 is 5.41 Å². The molecule has 0 saturated carbocycles. The number of nitrogens with two attached hydrogens (primary N) is 1. The van der Waals surface area contributed by atoms with Crippen LogP contribution in [-0.4, -0.2) is 18.9 Å². The lowest BCUT2D eigenvalue weighted by Crippen LogP contribution is -2.33. The molecule has 0 spiro atoms. The number of ether oxygens (including phenoxy) is 1. The number of carbonyl (C=O) groups is 2. The van der Waals surface area contributed by atoms with Crippen LogP contribution in [-0.2, 0) is 9.59 Å². The average molecular weight is 248 g/mol. The Morgan fingerprint density at radius 3 is 2.50 bits per heavy atom. The Balaban J connectivity index is 2.50. The molecule has 1 fully saturated rings. The van der Waals surface area contributed by atoms with E-state index in [1.165, 1.54) is 12.0 Å². The zero-order valence-electron chi connectivity index (χ0n) is 10.7. The molecule has 0 aromatic heterocycles. The van der Waals surface area contributed by atoms with Gasteiger partial charge in [0.05, 0.1) is 18.2 Å². The standard InChI is InChI=1S/C13H16N2O3/c1-13(2)7-11(16)15(12(13)17)9-5-4-8(14)6-10(9)18-3/h4-6H,7,14H2,1-3H3. The molecule has 2 rings (SSSR count). The number of nitrogens with zero attached hydrogens (tertiary/aromatic N) is 1. The number of hydrogen-bond donors (Lipinski definition) is 1. The van der Waals surface area contributed by atoms with Crippen molar-refractivity contribution in [2.24, 2.45) is 5.41 Å². The summed E-state index contributed by atoms with van der Waals surface area (Å²) in [6.45, 7) is 3.52. The molecule has 1 aliphatic heterocycles. The number of benzene rings is 1. The van der Waals surface area contributed by atoms with Gasteiger partial charge in [0.2, 0.25) is 11.8 Å². The normalized spacial score (nSPS) is 18.3. The summed E-state index contributed by atoms with van der Waals surface area (Å²) in [5, 5.41) is 0. The largest absolute Gasteiger partial charge is 0.494 e. The summed E-state index contributed by atoms with van der Waals surface area (Å²) in [5.74, 6) is -0.00181. The molecule has 0 unspecified atom stereocenters. The third kappa shape index (κ3) is 1.81. The first-order valence-corrected chi connectivity index (χ1v) is 5.68. The van der Waals surface area contributed by atoms with Gasteiger partial charge in [0.25, 0.3) is 0 Å². The number of hydrogen-bond acceptors (Lipinski definition) is 4. The molecular weight excluding hydrogens is 232 g/mol. The number of rotatable bonds is 2. The second-order valence-electron chi connectivity index (χ2n) is 5.03.